The van der Waals surface area contributed by atoms with Crippen molar-refractivity contribution < 1.29 is 0 Å². The average molecular weight is 264 g/mol. The highest BCUT2D eigenvalue weighted by Crippen LogP contribution is 2.37. The maximum absolute atomic E-state index is 6.40. The monoisotopic (exact) mass is 264 g/mol. The number of hydrogen-bond donors (Lipinski definition) is 1. The van der Waals surface area contributed by atoms with Gasteiger partial charge in [0, 0.05) is 27.9 Å². The van der Waals surface area contributed by atoms with Crippen LogP contribution < -0.4 is 5.73 Å². The topological polar surface area (TPSA) is 38.9 Å². The zero-order valence-electron chi connectivity index (χ0n) is 9.63. The second-order valence-electron chi connectivity index (χ2n) is 4.63. The molecule has 17 heavy (non-hydrogen) atoms. The number of hydrogen-bond acceptors (Lipinski definition) is 4. The van der Waals surface area contributed by atoms with Crippen LogP contribution in [0, 0.1) is 0 Å². The summed E-state index contributed by atoms with van der Waals surface area (Å²) in [4.78, 5) is 6.98. The quantitative estimate of drug-likeness (QED) is 0.924. The van der Waals surface area contributed by atoms with Crippen LogP contribution in [0.15, 0.2) is 23.2 Å². The van der Waals surface area contributed by atoms with Crippen molar-refractivity contribution in [2.45, 2.75) is 37.6 Å². The Bertz CT molecular complexity index is 475. The van der Waals surface area contributed by atoms with Crippen LogP contribution in [0.2, 0.25) is 0 Å². The zero-order valence-corrected chi connectivity index (χ0v) is 11.3. The molecule has 0 aliphatic heterocycles. The van der Waals surface area contributed by atoms with E-state index in [1.165, 1.54) is 29.7 Å². The Balaban J connectivity index is 1.77. The maximum Gasteiger partial charge on any atom is 0.0794 e. The Morgan fingerprint density at radius 2 is 2.41 bits per heavy atom. The normalized spacial score (nSPS) is 21.1. The molecule has 0 amide bonds. The van der Waals surface area contributed by atoms with Gasteiger partial charge < -0.3 is 5.73 Å². The summed E-state index contributed by atoms with van der Waals surface area (Å²) in [6.45, 7) is 0. The first kappa shape index (κ1) is 11.4. The Hall–Kier alpha value is -0.710. The number of nitrogens with two attached hydrogens (primary N) is 1. The van der Waals surface area contributed by atoms with Crippen LogP contribution in [0.25, 0.3) is 0 Å². The fourth-order valence-electron chi connectivity index (χ4n) is 2.68. The van der Waals surface area contributed by atoms with Gasteiger partial charge in [-0.1, -0.05) is 0 Å². The van der Waals surface area contributed by atoms with Crippen molar-refractivity contribution in [2.24, 2.45) is 5.73 Å². The van der Waals surface area contributed by atoms with E-state index in [1.807, 2.05) is 23.0 Å². The molecule has 2 unspecified atom stereocenters. The summed E-state index contributed by atoms with van der Waals surface area (Å²) >= 11 is 3.60. The van der Waals surface area contributed by atoms with E-state index in [0.717, 1.165) is 6.42 Å². The molecule has 2 aromatic heterocycles. The number of nitrogens with zero attached hydrogens (tertiary/aromatic N) is 1. The molecular weight excluding hydrogens is 248 g/mol. The molecule has 0 spiro atoms. The summed E-state index contributed by atoms with van der Waals surface area (Å²) in [7, 11) is 0. The molecule has 0 radical (unpaired) electrons. The van der Waals surface area contributed by atoms with E-state index in [4.69, 9.17) is 5.73 Å². The fraction of sp³-hybridized carbons (Fsp3) is 0.462. The van der Waals surface area contributed by atoms with E-state index in [0.29, 0.717) is 5.92 Å². The van der Waals surface area contributed by atoms with Crippen molar-refractivity contribution in [1.29, 1.82) is 0 Å². The van der Waals surface area contributed by atoms with Gasteiger partial charge in [0.1, 0.15) is 0 Å². The molecule has 0 saturated carbocycles. The number of fused-ring (bicyclic) bond motifs is 1. The lowest BCUT2D eigenvalue weighted by molar-refractivity contribution is 0.465. The van der Waals surface area contributed by atoms with Gasteiger partial charge in [-0.2, -0.15) is 0 Å². The van der Waals surface area contributed by atoms with Crippen molar-refractivity contribution >= 4 is 22.7 Å². The SMILES string of the molecule is NC(Cc1cncs1)C1CCCc2sccc21. The highest BCUT2D eigenvalue weighted by molar-refractivity contribution is 7.10. The molecule has 3 rings (SSSR count). The maximum atomic E-state index is 6.40. The molecule has 2 nitrogen and oxygen atoms in total. The van der Waals surface area contributed by atoms with E-state index >= 15 is 0 Å². The van der Waals surface area contributed by atoms with Crippen LogP contribution in [-0.4, -0.2) is 11.0 Å². The first-order chi connectivity index (χ1) is 8.34. The second-order valence-corrected chi connectivity index (χ2v) is 6.61. The van der Waals surface area contributed by atoms with Gasteiger partial charge in [-0.05, 0) is 42.7 Å². The first-order valence-electron chi connectivity index (χ1n) is 6.04. The van der Waals surface area contributed by atoms with Crippen molar-refractivity contribution in [3.8, 4) is 0 Å². The lowest BCUT2D eigenvalue weighted by Crippen LogP contribution is -2.32. The van der Waals surface area contributed by atoms with Crippen molar-refractivity contribution in [3.05, 3.63) is 38.5 Å². The van der Waals surface area contributed by atoms with Crippen LogP contribution in [0.4, 0.5) is 0 Å². The van der Waals surface area contributed by atoms with Crippen molar-refractivity contribution in [3.63, 3.8) is 0 Å². The molecule has 1 aliphatic carbocycles. The van der Waals surface area contributed by atoms with E-state index in [1.54, 1.807) is 16.2 Å². The van der Waals surface area contributed by atoms with Crippen LogP contribution in [0.1, 0.15) is 34.1 Å². The van der Waals surface area contributed by atoms with Crippen LogP contribution in [0.5, 0.6) is 0 Å². The highest BCUT2D eigenvalue weighted by Gasteiger charge is 2.26. The van der Waals surface area contributed by atoms with Crippen LogP contribution in [0.3, 0.4) is 0 Å². The Morgan fingerprint density at radius 1 is 1.47 bits per heavy atom. The first-order valence-corrected chi connectivity index (χ1v) is 7.79. The number of thiophene rings is 1. The largest absolute Gasteiger partial charge is 0.327 e. The average Bonchev–Trinajstić information content (AvgIpc) is 2.97. The molecule has 1 aliphatic rings. The van der Waals surface area contributed by atoms with Gasteiger partial charge in [0.2, 0.25) is 0 Å². The third-order valence-electron chi connectivity index (χ3n) is 3.54. The second kappa shape index (κ2) is 4.88. The van der Waals surface area contributed by atoms with Gasteiger partial charge in [-0.3, -0.25) is 4.98 Å². The predicted molar refractivity (Wildman–Crippen MR) is 73.8 cm³/mol. The third kappa shape index (κ3) is 2.30. The van der Waals surface area contributed by atoms with Gasteiger partial charge in [0.05, 0.1) is 5.51 Å². The minimum Gasteiger partial charge on any atom is -0.327 e. The molecule has 4 heteroatoms. The van der Waals surface area contributed by atoms with Crippen molar-refractivity contribution in [1.82, 2.24) is 4.98 Å². The van der Waals surface area contributed by atoms with Gasteiger partial charge >= 0.3 is 0 Å². The Labute approximate surface area is 110 Å². The van der Waals surface area contributed by atoms with Gasteiger partial charge in [0.25, 0.3) is 0 Å². The molecule has 90 valence electrons. The summed E-state index contributed by atoms with van der Waals surface area (Å²) < 4.78 is 0. The number of aromatic nitrogens is 1. The number of thiazole rings is 1. The summed E-state index contributed by atoms with van der Waals surface area (Å²) in [5, 5.41) is 2.21. The highest BCUT2D eigenvalue weighted by atomic mass is 32.1. The minimum atomic E-state index is 0.240. The van der Waals surface area contributed by atoms with Gasteiger partial charge in [-0.25, -0.2) is 0 Å². The molecule has 0 bridgehead atoms. The van der Waals surface area contributed by atoms with E-state index in [-0.39, 0.29) is 6.04 Å². The third-order valence-corrected chi connectivity index (χ3v) is 5.33. The summed E-state index contributed by atoms with van der Waals surface area (Å²) in [5.74, 6) is 0.548. The lowest BCUT2D eigenvalue weighted by atomic mass is 9.81. The summed E-state index contributed by atoms with van der Waals surface area (Å²) in [5.41, 5.74) is 9.80. The molecule has 2 atom stereocenters. The predicted octanol–water partition coefficient (Wildman–Crippen LogP) is 3.19. The van der Waals surface area contributed by atoms with E-state index < -0.39 is 0 Å². The van der Waals surface area contributed by atoms with Gasteiger partial charge in [-0.15, -0.1) is 22.7 Å². The smallest absolute Gasteiger partial charge is 0.0794 e. The van der Waals surface area contributed by atoms with Crippen LogP contribution >= 0.6 is 22.7 Å². The Morgan fingerprint density at radius 3 is 3.24 bits per heavy atom. The molecule has 2 aromatic rings. The Kier molecular flexibility index (Phi) is 3.27. The summed E-state index contributed by atoms with van der Waals surface area (Å²) in [6.07, 6.45) is 6.68. The van der Waals surface area contributed by atoms with E-state index in [2.05, 4.69) is 16.4 Å². The molecule has 2 N–H and O–H groups in total. The summed E-state index contributed by atoms with van der Waals surface area (Å²) in [6, 6.07) is 2.51. The molecule has 0 aromatic carbocycles. The standard InChI is InChI=1S/C13H16N2S2/c14-12(6-9-7-15-8-17-9)10-2-1-3-13-11(10)4-5-16-13/h4-5,7-8,10,12H,1-3,6,14H2. The number of rotatable bonds is 3. The van der Waals surface area contributed by atoms with Crippen molar-refractivity contribution in [2.75, 3.05) is 0 Å². The minimum absolute atomic E-state index is 0.240. The number of aryl methyl sites for hydroxylation is 1. The molecule has 2 heterocycles. The molecule has 0 fully saturated rings. The zero-order chi connectivity index (χ0) is 11.7. The van der Waals surface area contributed by atoms with Crippen LogP contribution in [-0.2, 0) is 12.8 Å². The molecular formula is C13H16N2S2. The fourth-order valence-corrected chi connectivity index (χ4v) is 4.35. The lowest BCUT2D eigenvalue weighted by Gasteiger charge is -2.27. The molecule has 0 saturated heterocycles. The van der Waals surface area contributed by atoms with Gasteiger partial charge in [0.15, 0.2) is 0 Å². The van der Waals surface area contributed by atoms with E-state index in [9.17, 15) is 0 Å².